The van der Waals surface area contributed by atoms with Crippen molar-refractivity contribution in [2.24, 2.45) is 0 Å². The Bertz CT molecular complexity index is 870. The lowest BCUT2D eigenvalue weighted by Crippen LogP contribution is -2.28. The number of nitrogens with zero attached hydrogens (tertiary/aromatic N) is 3. The second-order valence-electron chi connectivity index (χ2n) is 6.67. The number of rotatable bonds is 7. The summed E-state index contributed by atoms with van der Waals surface area (Å²) in [4.78, 5) is 20.5. The van der Waals surface area contributed by atoms with Crippen LogP contribution in [0.25, 0.3) is 5.82 Å². The molecule has 1 aliphatic rings. The van der Waals surface area contributed by atoms with Gasteiger partial charge in [-0.05, 0) is 37.5 Å². The highest BCUT2D eigenvalue weighted by molar-refractivity contribution is 7.92. The quantitative estimate of drug-likeness (QED) is 0.797. The summed E-state index contributed by atoms with van der Waals surface area (Å²) >= 11 is 0. The number of nitrogens with one attached hydrogen (secondary N) is 1. The number of sulfone groups is 1. The Morgan fingerprint density at radius 3 is 2.73 bits per heavy atom. The van der Waals surface area contributed by atoms with Gasteiger partial charge in [0.1, 0.15) is 11.6 Å². The molecule has 0 aliphatic heterocycles. The van der Waals surface area contributed by atoms with Gasteiger partial charge in [0.15, 0.2) is 9.84 Å². The van der Waals surface area contributed by atoms with E-state index in [2.05, 4.69) is 15.3 Å². The van der Waals surface area contributed by atoms with Gasteiger partial charge < -0.3 is 5.32 Å². The molecule has 8 heteroatoms. The minimum absolute atomic E-state index is 0.0113. The molecule has 0 bridgehead atoms. The van der Waals surface area contributed by atoms with Gasteiger partial charge in [-0.15, -0.1) is 0 Å². The number of aryl methyl sites for hydroxylation is 1. The standard InChI is InChI=1S/C18H24N4O3S/c1-14-19-9-10-22(14)17-12-15(6-8-20-17)13-21-18(23)7-11-26(24,25)16-4-2-3-5-16/h6,8-10,12,16H,2-5,7,11,13H2,1H3,(H,21,23). The zero-order valence-electron chi connectivity index (χ0n) is 14.9. The van der Waals surface area contributed by atoms with Gasteiger partial charge in [0.05, 0.1) is 11.0 Å². The largest absolute Gasteiger partial charge is 0.352 e. The van der Waals surface area contributed by atoms with E-state index in [1.807, 2.05) is 29.8 Å². The minimum Gasteiger partial charge on any atom is -0.352 e. The number of aromatic nitrogens is 3. The summed E-state index contributed by atoms with van der Waals surface area (Å²) in [6.07, 6.45) is 8.63. The highest BCUT2D eigenvalue weighted by Crippen LogP contribution is 2.25. The van der Waals surface area contributed by atoms with Gasteiger partial charge in [0.2, 0.25) is 5.91 Å². The maximum atomic E-state index is 12.2. The molecule has 2 aromatic rings. The maximum absolute atomic E-state index is 12.2. The monoisotopic (exact) mass is 376 g/mol. The van der Waals surface area contributed by atoms with Crippen molar-refractivity contribution in [3.8, 4) is 5.82 Å². The number of carbonyl (C=O) groups is 1. The molecule has 0 atom stereocenters. The lowest BCUT2D eigenvalue weighted by Gasteiger charge is -2.11. The maximum Gasteiger partial charge on any atom is 0.221 e. The van der Waals surface area contributed by atoms with Crippen molar-refractivity contribution in [3.63, 3.8) is 0 Å². The van der Waals surface area contributed by atoms with Crippen molar-refractivity contribution >= 4 is 15.7 Å². The Morgan fingerprint density at radius 1 is 1.27 bits per heavy atom. The zero-order chi connectivity index (χ0) is 18.6. The van der Waals surface area contributed by atoms with Crippen molar-refractivity contribution < 1.29 is 13.2 Å². The predicted molar refractivity (Wildman–Crippen MR) is 98.6 cm³/mol. The third-order valence-electron chi connectivity index (χ3n) is 4.80. The third-order valence-corrected chi connectivity index (χ3v) is 7.06. The summed E-state index contributed by atoms with van der Waals surface area (Å²) in [5, 5.41) is 2.54. The van der Waals surface area contributed by atoms with Gasteiger partial charge in [-0.3, -0.25) is 9.36 Å². The second-order valence-corrected chi connectivity index (χ2v) is 9.07. The van der Waals surface area contributed by atoms with Crippen LogP contribution >= 0.6 is 0 Å². The summed E-state index contributed by atoms with van der Waals surface area (Å²) < 4.78 is 26.3. The van der Waals surface area contributed by atoms with Gasteiger partial charge in [-0.25, -0.2) is 18.4 Å². The van der Waals surface area contributed by atoms with E-state index in [0.29, 0.717) is 6.54 Å². The van der Waals surface area contributed by atoms with Crippen LogP contribution in [0.5, 0.6) is 0 Å². The average Bonchev–Trinajstić information content (AvgIpc) is 3.30. The molecule has 140 valence electrons. The molecular formula is C18H24N4O3S. The van der Waals surface area contributed by atoms with Crippen LogP contribution in [0.2, 0.25) is 0 Å². The molecule has 7 nitrogen and oxygen atoms in total. The van der Waals surface area contributed by atoms with E-state index in [1.54, 1.807) is 12.4 Å². The first-order chi connectivity index (χ1) is 12.5. The molecule has 0 radical (unpaired) electrons. The van der Waals surface area contributed by atoms with Crippen molar-refractivity contribution in [3.05, 3.63) is 42.1 Å². The molecule has 3 rings (SSSR count). The van der Waals surface area contributed by atoms with Gasteiger partial charge in [0, 0.05) is 31.6 Å². The molecule has 2 aromatic heterocycles. The Balaban J connectivity index is 1.52. The van der Waals surface area contributed by atoms with Crippen molar-refractivity contribution in [1.82, 2.24) is 19.9 Å². The van der Waals surface area contributed by atoms with E-state index < -0.39 is 9.84 Å². The van der Waals surface area contributed by atoms with Crippen LogP contribution in [0.15, 0.2) is 30.7 Å². The average molecular weight is 376 g/mol. The Labute approximate surface area is 153 Å². The summed E-state index contributed by atoms with van der Waals surface area (Å²) in [6, 6.07) is 3.70. The Morgan fingerprint density at radius 2 is 2.04 bits per heavy atom. The lowest BCUT2D eigenvalue weighted by molar-refractivity contribution is -0.120. The SMILES string of the molecule is Cc1nccn1-c1cc(CNC(=O)CCS(=O)(=O)C2CCCC2)ccn1. The van der Waals surface area contributed by atoms with E-state index in [9.17, 15) is 13.2 Å². The van der Waals surface area contributed by atoms with Crippen LogP contribution in [0, 0.1) is 6.92 Å². The van der Waals surface area contributed by atoms with Crippen LogP contribution in [0.3, 0.4) is 0 Å². The van der Waals surface area contributed by atoms with Crippen molar-refractivity contribution in [2.45, 2.75) is 50.8 Å². The smallest absolute Gasteiger partial charge is 0.221 e. The van der Waals surface area contributed by atoms with Gasteiger partial charge in [0.25, 0.3) is 0 Å². The topological polar surface area (TPSA) is 94.0 Å². The molecule has 1 fully saturated rings. The number of amides is 1. The molecule has 26 heavy (non-hydrogen) atoms. The van der Waals surface area contributed by atoms with E-state index in [4.69, 9.17) is 0 Å². The van der Waals surface area contributed by atoms with Gasteiger partial charge in [-0.2, -0.15) is 0 Å². The van der Waals surface area contributed by atoms with Crippen LogP contribution in [-0.4, -0.2) is 39.9 Å². The number of imidazole rings is 1. The number of hydrogen-bond donors (Lipinski definition) is 1. The third kappa shape index (κ3) is 4.49. The van der Waals surface area contributed by atoms with Crippen molar-refractivity contribution in [2.75, 3.05) is 5.75 Å². The molecule has 0 aromatic carbocycles. The molecule has 0 unspecified atom stereocenters. The van der Waals surface area contributed by atoms with E-state index in [0.717, 1.165) is 42.9 Å². The summed E-state index contributed by atoms with van der Waals surface area (Å²) in [7, 11) is -3.16. The zero-order valence-corrected chi connectivity index (χ0v) is 15.7. The highest BCUT2D eigenvalue weighted by Gasteiger charge is 2.28. The molecule has 1 N–H and O–H groups in total. The van der Waals surface area contributed by atoms with Gasteiger partial charge in [-0.1, -0.05) is 12.8 Å². The molecule has 0 spiro atoms. The van der Waals surface area contributed by atoms with Crippen molar-refractivity contribution in [1.29, 1.82) is 0 Å². The van der Waals surface area contributed by atoms with E-state index in [1.165, 1.54) is 0 Å². The van der Waals surface area contributed by atoms with Crippen LogP contribution in [-0.2, 0) is 21.2 Å². The fraction of sp³-hybridized carbons (Fsp3) is 0.500. The molecule has 0 saturated heterocycles. The number of pyridine rings is 1. The molecule has 1 saturated carbocycles. The summed E-state index contributed by atoms with van der Waals surface area (Å²) in [5.41, 5.74) is 0.898. The van der Waals surface area contributed by atoms with Crippen LogP contribution in [0.1, 0.15) is 43.5 Å². The molecule has 1 amide bonds. The van der Waals surface area contributed by atoms with Gasteiger partial charge >= 0.3 is 0 Å². The first-order valence-electron chi connectivity index (χ1n) is 8.89. The summed E-state index contributed by atoms with van der Waals surface area (Å²) in [5.74, 6) is 1.24. The normalized spacial score (nSPS) is 15.3. The summed E-state index contributed by atoms with van der Waals surface area (Å²) in [6.45, 7) is 2.23. The fourth-order valence-corrected chi connectivity index (χ4v) is 5.12. The number of hydrogen-bond acceptors (Lipinski definition) is 5. The number of carbonyl (C=O) groups excluding carboxylic acids is 1. The lowest BCUT2D eigenvalue weighted by atomic mass is 10.2. The second kappa shape index (κ2) is 7.99. The van der Waals surface area contributed by atoms with E-state index >= 15 is 0 Å². The van der Waals surface area contributed by atoms with Crippen LogP contribution < -0.4 is 5.32 Å². The predicted octanol–water partition coefficient (Wildman–Crippen LogP) is 1.94. The van der Waals surface area contributed by atoms with Crippen LogP contribution in [0.4, 0.5) is 0 Å². The minimum atomic E-state index is -3.16. The van der Waals surface area contributed by atoms with E-state index in [-0.39, 0.29) is 23.3 Å². The fourth-order valence-electron chi connectivity index (χ4n) is 3.26. The molecular weight excluding hydrogens is 352 g/mol. The Kier molecular flexibility index (Phi) is 5.70. The first-order valence-corrected chi connectivity index (χ1v) is 10.6. The molecule has 1 aliphatic carbocycles. The first kappa shape index (κ1) is 18.6. The highest BCUT2D eigenvalue weighted by atomic mass is 32.2. The molecule has 2 heterocycles. The Hall–Kier alpha value is -2.22.